The predicted molar refractivity (Wildman–Crippen MR) is 158 cm³/mol. The van der Waals surface area contributed by atoms with Gasteiger partial charge < -0.3 is 24.6 Å². The van der Waals surface area contributed by atoms with Gasteiger partial charge in [-0.2, -0.15) is 13.2 Å². The Labute approximate surface area is 251 Å². The third-order valence-electron chi connectivity index (χ3n) is 6.78. The van der Waals surface area contributed by atoms with Crippen LogP contribution in [-0.4, -0.2) is 92.5 Å². The molecular formula is C28H35F4N7O3S. The lowest BCUT2D eigenvalue weighted by Crippen LogP contribution is -2.47. The van der Waals surface area contributed by atoms with E-state index in [0.717, 1.165) is 25.2 Å². The minimum atomic E-state index is -4.71. The zero-order chi connectivity index (χ0) is 31.1. The van der Waals surface area contributed by atoms with Gasteiger partial charge in [-0.1, -0.05) is 11.3 Å². The molecule has 43 heavy (non-hydrogen) atoms. The Morgan fingerprint density at radius 1 is 1.12 bits per heavy atom. The highest BCUT2D eigenvalue weighted by Gasteiger charge is 2.32. The lowest BCUT2D eigenvalue weighted by Gasteiger charge is -2.35. The van der Waals surface area contributed by atoms with Gasteiger partial charge in [0.05, 0.1) is 25.2 Å². The third-order valence-corrected chi connectivity index (χ3v) is 7.86. The van der Waals surface area contributed by atoms with Crippen LogP contribution in [0.5, 0.6) is 0 Å². The molecule has 10 nitrogen and oxygen atoms in total. The summed E-state index contributed by atoms with van der Waals surface area (Å²) in [6.07, 6.45) is -4.36. The molecule has 3 heterocycles. The number of anilines is 4. The second-order valence-corrected chi connectivity index (χ2v) is 11.0. The van der Waals surface area contributed by atoms with E-state index < -0.39 is 17.6 Å². The largest absolute Gasteiger partial charge is 0.466 e. The summed E-state index contributed by atoms with van der Waals surface area (Å²) in [5.74, 6) is 0.500. The van der Waals surface area contributed by atoms with Gasteiger partial charge in [0, 0.05) is 65.1 Å². The van der Waals surface area contributed by atoms with Crippen molar-refractivity contribution >= 4 is 39.1 Å². The number of likely N-dealkylation sites (N-methyl/N-ethyl adjacent to an activating group) is 1. The average molecular weight is 626 g/mol. The number of aromatic nitrogens is 3. The maximum Gasteiger partial charge on any atom is 0.416 e. The van der Waals surface area contributed by atoms with Crippen molar-refractivity contribution in [1.29, 1.82) is 0 Å². The first-order valence-electron chi connectivity index (χ1n) is 13.8. The fourth-order valence-electron chi connectivity index (χ4n) is 4.60. The minimum absolute atomic E-state index is 0.0104. The first kappa shape index (κ1) is 32.4. The Morgan fingerprint density at radius 3 is 2.53 bits per heavy atom. The summed E-state index contributed by atoms with van der Waals surface area (Å²) in [5.41, 5.74) is -0.870. The number of halogens is 4. The number of piperazine rings is 1. The molecule has 1 fully saturated rings. The number of benzene rings is 1. The van der Waals surface area contributed by atoms with Crippen LogP contribution in [0.3, 0.4) is 0 Å². The van der Waals surface area contributed by atoms with E-state index in [0.29, 0.717) is 79.5 Å². The quantitative estimate of drug-likeness (QED) is 0.220. The second-order valence-electron chi connectivity index (χ2n) is 9.98. The number of ether oxygens (including phenoxy) is 2. The van der Waals surface area contributed by atoms with Crippen LogP contribution in [0.4, 0.5) is 39.3 Å². The number of methoxy groups -OCH3 is 1. The minimum Gasteiger partial charge on any atom is -0.466 e. The maximum absolute atomic E-state index is 14.3. The highest BCUT2D eigenvalue weighted by molar-refractivity contribution is 7.20. The summed E-state index contributed by atoms with van der Waals surface area (Å²) in [4.78, 5) is 31.5. The molecule has 0 radical (unpaired) electrons. The number of hydrogen-bond acceptors (Lipinski definition) is 11. The van der Waals surface area contributed by atoms with Crippen LogP contribution < -0.4 is 15.1 Å². The smallest absolute Gasteiger partial charge is 0.416 e. The highest BCUT2D eigenvalue weighted by Crippen LogP contribution is 2.41. The van der Waals surface area contributed by atoms with Crippen molar-refractivity contribution in [3.05, 3.63) is 41.5 Å². The number of alkyl halides is 3. The molecule has 4 rings (SSSR count). The highest BCUT2D eigenvalue weighted by atomic mass is 32.1. The molecule has 1 aromatic carbocycles. The Balaban J connectivity index is 1.55. The van der Waals surface area contributed by atoms with Gasteiger partial charge in [0.15, 0.2) is 5.13 Å². The lowest BCUT2D eigenvalue weighted by atomic mass is 10.1. The van der Waals surface area contributed by atoms with E-state index in [1.807, 2.05) is 0 Å². The number of rotatable bonds is 12. The third kappa shape index (κ3) is 8.74. The number of nitrogens with zero attached hydrogens (tertiary/aromatic N) is 6. The van der Waals surface area contributed by atoms with Gasteiger partial charge in [-0.3, -0.25) is 9.69 Å². The van der Waals surface area contributed by atoms with E-state index in [-0.39, 0.29) is 17.2 Å². The molecule has 0 unspecified atom stereocenters. The molecule has 0 bridgehead atoms. The Morgan fingerprint density at radius 2 is 1.86 bits per heavy atom. The van der Waals surface area contributed by atoms with Crippen molar-refractivity contribution in [3.63, 3.8) is 0 Å². The molecule has 3 aromatic rings. The number of nitrogens with one attached hydrogen (secondary N) is 1. The van der Waals surface area contributed by atoms with Gasteiger partial charge in [0.1, 0.15) is 34.0 Å². The van der Waals surface area contributed by atoms with Crippen molar-refractivity contribution in [1.82, 2.24) is 19.9 Å². The lowest BCUT2D eigenvalue weighted by molar-refractivity contribution is -0.143. The fraction of sp³-hybridized carbons (Fsp3) is 0.500. The van der Waals surface area contributed by atoms with Crippen molar-refractivity contribution in [2.75, 3.05) is 81.8 Å². The van der Waals surface area contributed by atoms with E-state index in [9.17, 15) is 22.4 Å². The number of carbonyl (C=O) groups is 1. The summed E-state index contributed by atoms with van der Waals surface area (Å²) in [6.45, 7) is 8.29. The van der Waals surface area contributed by atoms with Crippen molar-refractivity contribution < 1.29 is 31.8 Å². The molecule has 1 N–H and O–H groups in total. The van der Waals surface area contributed by atoms with Gasteiger partial charge in [-0.05, 0) is 32.0 Å². The first-order valence-corrected chi connectivity index (χ1v) is 14.6. The van der Waals surface area contributed by atoms with Crippen molar-refractivity contribution in [3.8, 4) is 11.3 Å². The van der Waals surface area contributed by atoms with E-state index in [4.69, 9.17) is 9.47 Å². The van der Waals surface area contributed by atoms with Gasteiger partial charge in [-0.15, -0.1) is 0 Å². The molecule has 0 aliphatic carbocycles. The van der Waals surface area contributed by atoms with Crippen LogP contribution in [0, 0.1) is 12.7 Å². The summed E-state index contributed by atoms with van der Waals surface area (Å²) in [6, 6.07) is 4.20. The molecule has 234 valence electrons. The van der Waals surface area contributed by atoms with E-state index in [2.05, 4.69) is 30.1 Å². The normalized spacial score (nSPS) is 14.2. The van der Waals surface area contributed by atoms with Crippen LogP contribution in [-0.2, 0) is 20.4 Å². The molecule has 1 aliphatic rings. The number of aryl methyl sites for hydroxylation is 1. The van der Waals surface area contributed by atoms with Crippen LogP contribution in [0.2, 0.25) is 0 Å². The van der Waals surface area contributed by atoms with Crippen LogP contribution in [0.15, 0.2) is 24.3 Å². The first-order chi connectivity index (χ1) is 20.5. The number of esters is 1. The molecule has 0 spiro atoms. The van der Waals surface area contributed by atoms with Crippen molar-refractivity contribution in [2.45, 2.75) is 26.4 Å². The summed E-state index contributed by atoms with van der Waals surface area (Å²) in [7, 11) is 3.32. The fourth-order valence-corrected chi connectivity index (χ4v) is 5.59. The molecule has 1 aliphatic heterocycles. The van der Waals surface area contributed by atoms with Gasteiger partial charge in [0.2, 0.25) is 0 Å². The molecule has 2 aromatic heterocycles. The van der Waals surface area contributed by atoms with Crippen LogP contribution >= 0.6 is 11.3 Å². The molecule has 0 amide bonds. The zero-order valence-corrected chi connectivity index (χ0v) is 25.3. The Kier molecular flexibility index (Phi) is 10.7. The van der Waals surface area contributed by atoms with Crippen LogP contribution in [0.1, 0.15) is 24.7 Å². The molecular weight excluding hydrogens is 590 g/mol. The zero-order valence-electron chi connectivity index (χ0n) is 24.5. The van der Waals surface area contributed by atoms with Gasteiger partial charge >= 0.3 is 12.1 Å². The molecule has 1 saturated heterocycles. The Hall–Kier alpha value is -3.56. The topological polar surface area (TPSA) is 96.0 Å². The Bertz CT molecular complexity index is 1400. The second kappa shape index (κ2) is 14.3. The van der Waals surface area contributed by atoms with Crippen LogP contribution in [0.25, 0.3) is 11.3 Å². The number of thiazole rings is 1. The summed E-state index contributed by atoms with van der Waals surface area (Å²) in [5, 5.41) is 4.09. The SMILES string of the molecule is CCOC(=O)CCN1CCN(c2cc(Nc3nc(-c4cc(F)cc(C(F)(F)F)c4)c(N(C)CCOC)s3)nc(C)n2)CC1. The number of hydrogen-bond donors (Lipinski definition) is 1. The molecule has 0 atom stereocenters. The standard InChI is InChI=1S/C28H35F4N7O3S/c1-5-42-24(40)6-7-38-8-10-39(11-9-38)23-17-22(33-18(2)34-23)35-27-36-25(26(43-27)37(3)12-13-41-4)19-14-20(28(30,31)32)16-21(29)15-19/h14-17H,5-13H2,1-4H3,(H,33,34,35,36). The van der Waals surface area contributed by atoms with E-state index >= 15 is 0 Å². The summed E-state index contributed by atoms with van der Waals surface area (Å²) < 4.78 is 64.9. The van der Waals surface area contributed by atoms with E-state index in [1.165, 1.54) is 11.3 Å². The van der Waals surface area contributed by atoms with Crippen molar-refractivity contribution in [2.24, 2.45) is 0 Å². The van der Waals surface area contributed by atoms with E-state index in [1.54, 1.807) is 39.0 Å². The average Bonchev–Trinajstić information content (AvgIpc) is 3.38. The summed E-state index contributed by atoms with van der Waals surface area (Å²) >= 11 is 1.21. The monoisotopic (exact) mass is 625 g/mol. The molecule has 15 heteroatoms. The maximum atomic E-state index is 14.3. The predicted octanol–water partition coefficient (Wildman–Crippen LogP) is 4.97. The van der Waals surface area contributed by atoms with Gasteiger partial charge in [-0.25, -0.2) is 19.3 Å². The van der Waals surface area contributed by atoms with Gasteiger partial charge in [0.25, 0.3) is 0 Å². The number of carbonyl (C=O) groups excluding carboxylic acids is 1. The molecule has 0 saturated carbocycles.